The van der Waals surface area contributed by atoms with Gasteiger partial charge in [0.15, 0.2) is 0 Å². The lowest BCUT2D eigenvalue weighted by Gasteiger charge is -2.34. The molecule has 0 aromatic heterocycles. The summed E-state index contributed by atoms with van der Waals surface area (Å²) in [7, 11) is 0. The van der Waals surface area contributed by atoms with E-state index in [0.29, 0.717) is 12.8 Å². The second-order valence-corrected chi connectivity index (χ2v) is 10.0. The fourth-order valence-electron chi connectivity index (χ4n) is 3.82. The van der Waals surface area contributed by atoms with Crippen molar-refractivity contribution in [2.45, 2.75) is 77.8 Å². The molecule has 2 aromatic carbocycles. The predicted molar refractivity (Wildman–Crippen MR) is 140 cm³/mol. The summed E-state index contributed by atoms with van der Waals surface area (Å²) in [5.41, 5.74) is 1.32. The topological polar surface area (TPSA) is 76.7 Å². The summed E-state index contributed by atoms with van der Waals surface area (Å²) in [6.07, 6.45) is 2.31. The summed E-state index contributed by atoms with van der Waals surface area (Å²) in [5.74, 6) is -0.252. The number of alkyl carbamates (subject to hydrolysis) is 1. The lowest BCUT2D eigenvalue weighted by Crippen LogP contribution is -2.57. The van der Waals surface area contributed by atoms with Gasteiger partial charge >= 0.3 is 12.1 Å². The molecule has 0 saturated carbocycles. The lowest BCUT2D eigenvalue weighted by atomic mass is 9.92. The van der Waals surface area contributed by atoms with E-state index in [4.69, 9.17) is 9.47 Å². The minimum atomic E-state index is -0.613. The SMILES string of the molecule is C=CC[C@H](N[C@@H](Cc1ccccc1)C(=O)OC(C)(C)C)[C@@H](NC(=O)OCc1ccccc1)C(C)C. The van der Waals surface area contributed by atoms with E-state index < -0.39 is 17.7 Å². The summed E-state index contributed by atoms with van der Waals surface area (Å²) >= 11 is 0. The van der Waals surface area contributed by atoms with Gasteiger partial charge in [-0.2, -0.15) is 0 Å². The molecule has 0 heterocycles. The number of hydrogen-bond acceptors (Lipinski definition) is 5. The quantitative estimate of drug-likeness (QED) is 0.313. The molecular weight excluding hydrogens is 440 g/mol. The highest BCUT2D eigenvalue weighted by Crippen LogP contribution is 2.16. The lowest BCUT2D eigenvalue weighted by molar-refractivity contribution is -0.157. The molecule has 2 rings (SSSR count). The summed E-state index contributed by atoms with van der Waals surface area (Å²) in [5, 5.41) is 6.47. The van der Waals surface area contributed by atoms with Crippen LogP contribution in [-0.4, -0.2) is 35.8 Å². The van der Waals surface area contributed by atoms with Crippen LogP contribution >= 0.6 is 0 Å². The molecule has 0 aliphatic carbocycles. The number of amides is 1. The summed E-state index contributed by atoms with van der Waals surface area (Å²) < 4.78 is 11.2. The third kappa shape index (κ3) is 10.4. The predicted octanol–water partition coefficient (Wildman–Crippen LogP) is 5.42. The van der Waals surface area contributed by atoms with Crippen LogP contribution in [0.1, 0.15) is 52.2 Å². The maximum Gasteiger partial charge on any atom is 0.407 e. The molecule has 0 radical (unpaired) electrons. The van der Waals surface area contributed by atoms with Crippen molar-refractivity contribution in [1.82, 2.24) is 10.6 Å². The van der Waals surface area contributed by atoms with Crippen molar-refractivity contribution in [2.24, 2.45) is 5.92 Å². The zero-order valence-corrected chi connectivity index (χ0v) is 21.6. The molecule has 0 spiro atoms. The standard InChI is InChI=1S/C29H40N2O4/c1-7-14-24(26(21(2)3)31-28(33)34-20-23-17-12-9-13-18-23)30-25(27(32)35-29(4,5)6)19-22-15-10-8-11-16-22/h7-13,15-18,21,24-26,30H,1,14,19-20H2,2-6H3,(H,31,33)/t24-,25-,26-/m0/s1. The van der Waals surface area contributed by atoms with Gasteiger partial charge in [0.1, 0.15) is 18.2 Å². The van der Waals surface area contributed by atoms with Crippen LogP contribution in [0, 0.1) is 5.92 Å². The van der Waals surface area contributed by atoms with Crippen molar-refractivity contribution >= 4 is 12.1 Å². The van der Waals surface area contributed by atoms with Gasteiger partial charge in [0, 0.05) is 6.04 Å². The molecule has 0 unspecified atom stereocenters. The van der Waals surface area contributed by atoms with Gasteiger partial charge in [0.2, 0.25) is 0 Å². The van der Waals surface area contributed by atoms with Crippen LogP contribution in [0.5, 0.6) is 0 Å². The highest BCUT2D eigenvalue weighted by atomic mass is 16.6. The zero-order chi connectivity index (χ0) is 25.8. The first-order valence-electron chi connectivity index (χ1n) is 12.2. The number of esters is 1. The second kappa shape index (κ2) is 13.7. The Labute approximate surface area is 210 Å². The molecule has 0 saturated heterocycles. The number of ether oxygens (including phenoxy) is 2. The molecule has 0 aliphatic rings. The van der Waals surface area contributed by atoms with Crippen LogP contribution in [0.3, 0.4) is 0 Å². The third-order valence-electron chi connectivity index (χ3n) is 5.46. The first-order valence-corrected chi connectivity index (χ1v) is 12.2. The number of benzene rings is 2. The Bertz CT molecular complexity index is 923. The van der Waals surface area contributed by atoms with E-state index in [2.05, 4.69) is 17.2 Å². The second-order valence-electron chi connectivity index (χ2n) is 10.0. The molecular formula is C29H40N2O4. The third-order valence-corrected chi connectivity index (χ3v) is 5.46. The molecule has 190 valence electrons. The Balaban J connectivity index is 2.17. The molecule has 0 fully saturated rings. The summed E-state index contributed by atoms with van der Waals surface area (Å²) in [4.78, 5) is 25.8. The Morgan fingerprint density at radius 3 is 2.06 bits per heavy atom. The highest BCUT2D eigenvalue weighted by molar-refractivity contribution is 5.76. The normalized spacial score (nSPS) is 14.0. The number of carbonyl (C=O) groups is 2. The van der Waals surface area contributed by atoms with Crippen molar-refractivity contribution in [3.8, 4) is 0 Å². The van der Waals surface area contributed by atoms with Gasteiger partial charge in [0.25, 0.3) is 0 Å². The van der Waals surface area contributed by atoms with Gasteiger partial charge in [-0.05, 0) is 50.7 Å². The average Bonchev–Trinajstić information content (AvgIpc) is 2.80. The van der Waals surface area contributed by atoms with Crippen LogP contribution in [0.25, 0.3) is 0 Å². The number of carbonyl (C=O) groups excluding carboxylic acids is 2. The van der Waals surface area contributed by atoms with Crippen LogP contribution < -0.4 is 10.6 Å². The number of hydrogen-bond donors (Lipinski definition) is 2. The molecule has 2 aromatic rings. The van der Waals surface area contributed by atoms with Crippen molar-refractivity contribution in [1.29, 1.82) is 0 Å². The molecule has 3 atom stereocenters. The molecule has 2 N–H and O–H groups in total. The van der Waals surface area contributed by atoms with Crippen molar-refractivity contribution < 1.29 is 19.1 Å². The smallest absolute Gasteiger partial charge is 0.407 e. The Kier molecular flexibility index (Phi) is 11.0. The van der Waals surface area contributed by atoms with Gasteiger partial charge in [0.05, 0.1) is 6.04 Å². The van der Waals surface area contributed by atoms with Gasteiger partial charge in [-0.25, -0.2) is 4.79 Å². The van der Waals surface area contributed by atoms with Crippen LogP contribution in [-0.2, 0) is 27.3 Å². The molecule has 6 nitrogen and oxygen atoms in total. The highest BCUT2D eigenvalue weighted by Gasteiger charge is 2.32. The van der Waals surface area contributed by atoms with E-state index in [1.807, 2.05) is 95.3 Å². The molecule has 0 aliphatic heterocycles. The minimum absolute atomic E-state index is 0.0766. The van der Waals surface area contributed by atoms with Crippen LogP contribution in [0.4, 0.5) is 4.79 Å². The van der Waals surface area contributed by atoms with E-state index in [9.17, 15) is 9.59 Å². The first-order chi connectivity index (χ1) is 16.6. The van der Waals surface area contributed by atoms with Crippen molar-refractivity contribution in [3.63, 3.8) is 0 Å². The summed E-state index contributed by atoms with van der Waals surface area (Å²) in [6.45, 7) is 13.7. The first kappa shape index (κ1) is 28.1. The van der Waals surface area contributed by atoms with Crippen molar-refractivity contribution in [3.05, 3.63) is 84.4 Å². The molecule has 6 heteroatoms. The molecule has 1 amide bonds. The maximum atomic E-state index is 13.2. The minimum Gasteiger partial charge on any atom is -0.459 e. The summed E-state index contributed by atoms with van der Waals surface area (Å²) in [6, 6.07) is 18.2. The van der Waals surface area contributed by atoms with Crippen LogP contribution in [0.15, 0.2) is 73.3 Å². The Hall–Kier alpha value is -3.12. The van der Waals surface area contributed by atoms with Gasteiger partial charge in [-0.1, -0.05) is 80.6 Å². The van der Waals surface area contributed by atoms with E-state index in [1.165, 1.54) is 0 Å². The van der Waals surface area contributed by atoms with Gasteiger partial charge in [-0.15, -0.1) is 6.58 Å². The maximum absolute atomic E-state index is 13.2. The van der Waals surface area contributed by atoms with E-state index in [-0.39, 0.29) is 30.6 Å². The van der Waals surface area contributed by atoms with E-state index in [1.54, 1.807) is 6.08 Å². The molecule has 35 heavy (non-hydrogen) atoms. The average molecular weight is 481 g/mol. The monoisotopic (exact) mass is 480 g/mol. The Morgan fingerprint density at radius 1 is 0.971 bits per heavy atom. The fraction of sp³-hybridized carbons (Fsp3) is 0.448. The van der Waals surface area contributed by atoms with Crippen LogP contribution in [0.2, 0.25) is 0 Å². The Morgan fingerprint density at radius 2 is 1.54 bits per heavy atom. The van der Waals surface area contributed by atoms with Crippen molar-refractivity contribution in [2.75, 3.05) is 0 Å². The van der Waals surface area contributed by atoms with Gasteiger partial charge in [-0.3, -0.25) is 10.1 Å². The van der Waals surface area contributed by atoms with Gasteiger partial charge < -0.3 is 14.8 Å². The molecule has 0 bridgehead atoms. The fourth-order valence-corrected chi connectivity index (χ4v) is 3.82. The number of nitrogens with one attached hydrogen (secondary N) is 2. The largest absolute Gasteiger partial charge is 0.459 e. The number of rotatable bonds is 12. The van der Waals surface area contributed by atoms with E-state index in [0.717, 1.165) is 11.1 Å². The zero-order valence-electron chi connectivity index (χ0n) is 21.6. The van der Waals surface area contributed by atoms with E-state index >= 15 is 0 Å².